The molecule has 0 bridgehead atoms. The molecule has 6 heteroatoms. The zero-order valence-corrected chi connectivity index (χ0v) is 11.2. The zero-order chi connectivity index (χ0) is 11.9. The zero-order valence-electron chi connectivity index (χ0n) is 8.30. The predicted octanol–water partition coefficient (Wildman–Crippen LogP) is 2.09. The SMILES string of the molecule is NC(=O)OC1Cc2cc(Cl)c(N)c(I)c2C1. The summed E-state index contributed by atoms with van der Waals surface area (Å²) >= 11 is 8.15. The van der Waals surface area contributed by atoms with Gasteiger partial charge in [0.2, 0.25) is 0 Å². The highest BCUT2D eigenvalue weighted by Gasteiger charge is 2.27. The van der Waals surface area contributed by atoms with Crippen LogP contribution in [0.25, 0.3) is 0 Å². The molecule has 4 nitrogen and oxygen atoms in total. The molecule has 0 heterocycles. The number of nitrogen functional groups attached to an aromatic ring is 1. The van der Waals surface area contributed by atoms with E-state index in [0.717, 1.165) is 14.7 Å². The lowest BCUT2D eigenvalue weighted by atomic mass is 10.1. The van der Waals surface area contributed by atoms with Crippen LogP contribution >= 0.6 is 34.2 Å². The van der Waals surface area contributed by atoms with Gasteiger partial charge in [0, 0.05) is 16.4 Å². The van der Waals surface area contributed by atoms with E-state index in [-0.39, 0.29) is 6.10 Å². The summed E-state index contributed by atoms with van der Waals surface area (Å²) in [6.45, 7) is 0. The molecule has 2 rings (SSSR count). The third-order valence-corrected chi connectivity index (χ3v) is 4.15. The van der Waals surface area contributed by atoms with Crippen LogP contribution in [0.15, 0.2) is 6.07 Å². The summed E-state index contributed by atoms with van der Waals surface area (Å²) < 4.78 is 5.92. The van der Waals surface area contributed by atoms with E-state index in [2.05, 4.69) is 22.6 Å². The van der Waals surface area contributed by atoms with Crippen LogP contribution in [0.4, 0.5) is 10.5 Å². The standard InChI is InChI=1S/C10H10ClIN2O2/c11-7-2-4-1-5(16-10(14)15)3-6(4)8(12)9(7)13/h2,5H,1,3,13H2,(H2,14,15). The molecule has 4 N–H and O–H groups in total. The number of nitrogens with two attached hydrogens (primary N) is 2. The van der Waals surface area contributed by atoms with E-state index < -0.39 is 6.09 Å². The Morgan fingerprint density at radius 3 is 2.88 bits per heavy atom. The second-order valence-electron chi connectivity index (χ2n) is 3.69. The summed E-state index contributed by atoms with van der Waals surface area (Å²) in [7, 11) is 0. The molecule has 16 heavy (non-hydrogen) atoms. The number of ether oxygens (including phenoxy) is 1. The Hall–Kier alpha value is -0.690. The average molecular weight is 353 g/mol. The van der Waals surface area contributed by atoms with E-state index in [0.29, 0.717) is 23.6 Å². The van der Waals surface area contributed by atoms with E-state index >= 15 is 0 Å². The summed E-state index contributed by atoms with van der Waals surface area (Å²) in [6, 6.07) is 1.83. The van der Waals surface area contributed by atoms with Gasteiger partial charge in [-0.3, -0.25) is 0 Å². The van der Waals surface area contributed by atoms with Crippen LogP contribution in [0.1, 0.15) is 11.1 Å². The van der Waals surface area contributed by atoms with Crippen LogP contribution in [0.5, 0.6) is 0 Å². The van der Waals surface area contributed by atoms with Gasteiger partial charge in [-0.1, -0.05) is 11.6 Å². The molecule has 0 saturated carbocycles. The molecule has 0 fully saturated rings. The summed E-state index contributed by atoms with van der Waals surface area (Å²) in [5.74, 6) is 0. The number of anilines is 1. The van der Waals surface area contributed by atoms with Crippen molar-refractivity contribution < 1.29 is 9.53 Å². The number of hydrogen-bond donors (Lipinski definition) is 2. The Balaban J connectivity index is 2.31. The lowest BCUT2D eigenvalue weighted by molar-refractivity contribution is 0.112. The Morgan fingerprint density at radius 2 is 2.25 bits per heavy atom. The Kier molecular flexibility index (Phi) is 3.16. The minimum atomic E-state index is -0.744. The van der Waals surface area contributed by atoms with Gasteiger partial charge in [0.25, 0.3) is 0 Å². The fraction of sp³-hybridized carbons (Fsp3) is 0.300. The molecule has 0 aromatic heterocycles. The minimum absolute atomic E-state index is 0.195. The van der Waals surface area contributed by atoms with Crippen molar-refractivity contribution in [3.05, 3.63) is 25.8 Å². The predicted molar refractivity (Wildman–Crippen MR) is 70.4 cm³/mol. The van der Waals surface area contributed by atoms with Gasteiger partial charge in [0.1, 0.15) is 6.10 Å². The Bertz CT molecular complexity index is 465. The maximum Gasteiger partial charge on any atom is 0.404 e. The maximum atomic E-state index is 10.7. The number of benzene rings is 1. The van der Waals surface area contributed by atoms with Gasteiger partial charge in [-0.05, 0) is 39.8 Å². The average Bonchev–Trinajstić information content (AvgIpc) is 2.56. The quantitative estimate of drug-likeness (QED) is 0.600. The first-order chi connectivity index (χ1) is 7.49. The fourth-order valence-corrected chi connectivity index (χ4v) is 3.16. The first kappa shape index (κ1) is 11.8. The van der Waals surface area contributed by atoms with E-state index in [1.165, 1.54) is 0 Å². The largest absolute Gasteiger partial charge is 0.446 e. The summed E-state index contributed by atoms with van der Waals surface area (Å²) in [5.41, 5.74) is 13.6. The molecule has 1 aliphatic carbocycles. The van der Waals surface area contributed by atoms with Crippen LogP contribution in [0.2, 0.25) is 5.02 Å². The number of halogens is 2. The number of hydrogen-bond acceptors (Lipinski definition) is 3. The summed E-state index contributed by atoms with van der Waals surface area (Å²) in [6.07, 6.45) is 0.359. The summed E-state index contributed by atoms with van der Waals surface area (Å²) in [5, 5.41) is 0.544. The molecule has 0 radical (unpaired) electrons. The van der Waals surface area contributed by atoms with Crippen molar-refractivity contribution in [2.75, 3.05) is 5.73 Å². The molecule has 1 amide bonds. The van der Waals surface area contributed by atoms with E-state index in [9.17, 15) is 4.79 Å². The molecule has 1 aliphatic rings. The third-order valence-electron chi connectivity index (χ3n) is 2.61. The lowest BCUT2D eigenvalue weighted by Gasteiger charge is -2.08. The van der Waals surface area contributed by atoms with Crippen LogP contribution in [-0.2, 0) is 17.6 Å². The van der Waals surface area contributed by atoms with Gasteiger partial charge in [-0.15, -0.1) is 0 Å². The number of amides is 1. The second kappa shape index (κ2) is 4.29. The van der Waals surface area contributed by atoms with Crippen molar-refractivity contribution in [1.29, 1.82) is 0 Å². The third kappa shape index (κ3) is 2.06. The smallest absolute Gasteiger partial charge is 0.404 e. The van der Waals surface area contributed by atoms with E-state index in [4.69, 9.17) is 27.8 Å². The lowest BCUT2D eigenvalue weighted by Crippen LogP contribution is -2.22. The maximum absolute atomic E-state index is 10.7. The van der Waals surface area contributed by atoms with Gasteiger partial charge in [0.15, 0.2) is 0 Å². The van der Waals surface area contributed by atoms with Crippen molar-refractivity contribution >= 4 is 46.0 Å². The number of primary amides is 1. The van der Waals surface area contributed by atoms with Crippen LogP contribution in [0.3, 0.4) is 0 Å². The highest BCUT2D eigenvalue weighted by molar-refractivity contribution is 14.1. The first-order valence-electron chi connectivity index (χ1n) is 4.70. The molecular weight excluding hydrogens is 342 g/mol. The molecular formula is C10H10ClIN2O2. The minimum Gasteiger partial charge on any atom is -0.446 e. The van der Waals surface area contributed by atoms with Crippen molar-refractivity contribution in [2.45, 2.75) is 18.9 Å². The molecule has 1 atom stereocenters. The Labute approximate surface area is 111 Å². The number of carbonyl (C=O) groups excluding carboxylic acids is 1. The highest BCUT2D eigenvalue weighted by atomic mass is 127. The fourth-order valence-electron chi connectivity index (χ4n) is 1.92. The van der Waals surface area contributed by atoms with Crippen LogP contribution < -0.4 is 11.5 Å². The van der Waals surface area contributed by atoms with Gasteiger partial charge in [-0.2, -0.15) is 0 Å². The van der Waals surface area contributed by atoms with Crippen molar-refractivity contribution in [1.82, 2.24) is 0 Å². The Morgan fingerprint density at radius 1 is 1.56 bits per heavy atom. The molecule has 86 valence electrons. The molecule has 0 spiro atoms. The van der Waals surface area contributed by atoms with E-state index in [1.807, 2.05) is 6.07 Å². The van der Waals surface area contributed by atoms with Crippen molar-refractivity contribution in [3.8, 4) is 0 Å². The number of rotatable bonds is 1. The van der Waals surface area contributed by atoms with E-state index in [1.54, 1.807) is 0 Å². The van der Waals surface area contributed by atoms with Crippen LogP contribution in [-0.4, -0.2) is 12.2 Å². The van der Waals surface area contributed by atoms with Gasteiger partial charge in [-0.25, -0.2) is 4.79 Å². The number of carbonyl (C=O) groups is 1. The highest BCUT2D eigenvalue weighted by Crippen LogP contribution is 2.36. The topological polar surface area (TPSA) is 78.3 Å². The van der Waals surface area contributed by atoms with Gasteiger partial charge in [0.05, 0.1) is 10.7 Å². The van der Waals surface area contributed by atoms with Gasteiger partial charge >= 0.3 is 6.09 Å². The summed E-state index contributed by atoms with van der Waals surface area (Å²) in [4.78, 5) is 10.7. The molecule has 1 unspecified atom stereocenters. The molecule has 0 saturated heterocycles. The normalized spacial score (nSPS) is 18.2. The molecule has 1 aromatic carbocycles. The molecule has 1 aromatic rings. The first-order valence-corrected chi connectivity index (χ1v) is 6.16. The number of fused-ring (bicyclic) bond motifs is 1. The second-order valence-corrected chi connectivity index (χ2v) is 5.18. The van der Waals surface area contributed by atoms with Crippen molar-refractivity contribution in [3.63, 3.8) is 0 Å². The monoisotopic (exact) mass is 352 g/mol. The van der Waals surface area contributed by atoms with Gasteiger partial charge < -0.3 is 16.2 Å². The van der Waals surface area contributed by atoms with Crippen LogP contribution in [0, 0.1) is 3.57 Å². The molecule has 0 aliphatic heterocycles. The van der Waals surface area contributed by atoms with Crippen molar-refractivity contribution in [2.24, 2.45) is 5.73 Å².